The van der Waals surface area contributed by atoms with E-state index in [-0.39, 0.29) is 18.7 Å². The number of rotatable bonds is 4. The van der Waals surface area contributed by atoms with E-state index >= 15 is 0 Å². The molecule has 1 saturated heterocycles. The van der Waals surface area contributed by atoms with Gasteiger partial charge >= 0.3 is 6.03 Å². The van der Waals surface area contributed by atoms with Crippen molar-refractivity contribution in [3.63, 3.8) is 0 Å². The minimum atomic E-state index is -0.0123. The lowest BCUT2D eigenvalue weighted by Crippen LogP contribution is -2.44. The maximum absolute atomic E-state index is 12.5. The molecule has 0 spiro atoms. The highest BCUT2D eigenvalue weighted by atomic mass is 16.7. The number of para-hydroxylation sites is 2. The number of oxazole rings is 1. The van der Waals surface area contributed by atoms with Crippen LogP contribution in [0, 0.1) is 0 Å². The molecule has 2 aromatic carbocycles. The molecule has 3 aromatic rings. The molecule has 29 heavy (non-hydrogen) atoms. The maximum atomic E-state index is 12.5. The first-order valence-electron chi connectivity index (χ1n) is 10.0. The molecule has 3 heterocycles. The van der Waals surface area contributed by atoms with Crippen molar-refractivity contribution in [2.45, 2.75) is 25.2 Å². The van der Waals surface area contributed by atoms with E-state index in [1.54, 1.807) is 0 Å². The van der Waals surface area contributed by atoms with Gasteiger partial charge in [0, 0.05) is 25.6 Å². The van der Waals surface area contributed by atoms with Gasteiger partial charge in [0.05, 0.1) is 0 Å². The summed E-state index contributed by atoms with van der Waals surface area (Å²) in [4.78, 5) is 19.0. The Kier molecular flexibility index (Phi) is 4.71. The van der Waals surface area contributed by atoms with Crippen LogP contribution in [-0.4, -0.2) is 42.3 Å². The number of fused-ring (bicyclic) bond motifs is 2. The van der Waals surface area contributed by atoms with Gasteiger partial charge in [-0.15, -0.1) is 0 Å². The Morgan fingerprint density at radius 3 is 2.79 bits per heavy atom. The van der Waals surface area contributed by atoms with E-state index in [0.29, 0.717) is 19.6 Å². The minimum absolute atomic E-state index is 0.0123. The first-order chi connectivity index (χ1) is 14.3. The van der Waals surface area contributed by atoms with E-state index in [0.717, 1.165) is 53.3 Å². The fourth-order valence-electron chi connectivity index (χ4n) is 3.92. The molecule has 5 rings (SSSR count). The predicted octanol–water partition coefficient (Wildman–Crippen LogP) is 3.69. The molecule has 0 bridgehead atoms. The molecule has 0 radical (unpaired) electrons. The lowest BCUT2D eigenvalue weighted by Gasteiger charge is -2.30. The van der Waals surface area contributed by atoms with Crippen molar-refractivity contribution in [3.8, 4) is 11.5 Å². The molecule has 2 aliphatic heterocycles. The predicted molar refractivity (Wildman–Crippen MR) is 107 cm³/mol. The largest absolute Gasteiger partial charge is 0.454 e. The van der Waals surface area contributed by atoms with Crippen molar-refractivity contribution >= 4 is 17.1 Å². The topological polar surface area (TPSA) is 76.8 Å². The van der Waals surface area contributed by atoms with Crippen LogP contribution in [0.4, 0.5) is 4.79 Å². The van der Waals surface area contributed by atoms with Crippen LogP contribution in [0.3, 0.4) is 0 Å². The monoisotopic (exact) mass is 393 g/mol. The van der Waals surface area contributed by atoms with Gasteiger partial charge in [-0.1, -0.05) is 18.2 Å². The Morgan fingerprint density at radius 2 is 1.93 bits per heavy atom. The number of likely N-dealkylation sites (tertiary alicyclic amines) is 1. The number of hydrogen-bond donors (Lipinski definition) is 1. The highest BCUT2D eigenvalue weighted by Crippen LogP contribution is 2.32. The Morgan fingerprint density at radius 1 is 1.10 bits per heavy atom. The number of carbonyl (C=O) groups is 1. The molecule has 2 amide bonds. The summed E-state index contributed by atoms with van der Waals surface area (Å²) in [5.74, 6) is 2.60. The van der Waals surface area contributed by atoms with Crippen LogP contribution in [-0.2, 0) is 6.42 Å². The van der Waals surface area contributed by atoms with Crippen molar-refractivity contribution < 1.29 is 18.7 Å². The van der Waals surface area contributed by atoms with Gasteiger partial charge in [0.25, 0.3) is 0 Å². The quantitative estimate of drug-likeness (QED) is 0.732. The van der Waals surface area contributed by atoms with Gasteiger partial charge in [-0.25, -0.2) is 9.78 Å². The zero-order valence-corrected chi connectivity index (χ0v) is 16.1. The van der Waals surface area contributed by atoms with Crippen molar-refractivity contribution in [3.05, 3.63) is 53.9 Å². The first-order valence-corrected chi connectivity index (χ1v) is 10.0. The van der Waals surface area contributed by atoms with Gasteiger partial charge in [-0.3, -0.25) is 0 Å². The SMILES string of the molecule is O=C(NCCc1ccc2c(c1)OCO2)N1CCC(c2nc3ccccc3o2)CC1. The van der Waals surface area contributed by atoms with Gasteiger partial charge in [0.15, 0.2) is 23.0 Å². The minimum Gasteiger partial charge on any atom is -0.454 e. The Hall–Kier alpha value is -3.22. The molecule has 0 aliphatic carbocycles. The number of benzene rings is 2. The Bertz CT molecular complexity index is 991. The fourth-order valence-corrected chi connectivity index (χ4v) is 3.92. The van der Waals surface area contributed by atoms with E-state index in [4.69, 9.17) is 13.9 Å². The van der Waals surface area contributed by atoms with Crippen molar-refractivity contribution in [1.82, 2.24) is 15.2 Å². The van der Waals surface area contributed by atoms with Crippen LogP contribution >= 0.6 is 0 Å². The van der Waals surface area contributed by atoms with Crippen LogP contribution in [0.5, 0.6) is 11.5 Å². The molecule has 7 nitrogen and oxygen atoms in total. The van der Waals surface area contributed by atoms with Crippen molar-refractivity contribution in [2.24, 2.45) is 0 Å². The molecular formula is C22H23N3O4. The van der Waals surface area contributed by atoms with Crippen LogP contribution in [0.2, 0.25) is 0 Å². The Balaban J connectivity index is 1.10. The third kappa shape index (κ3) is 3.72. The zero-order chi connectivity index (χ0) is 19.6. The normalized spacial score (nSPS) is 16.3. The average molecular weight is 393 g/mol. The second-order valence-corrected chi connectivity index (χ2v) is 7.45. The summed E-state index contributed by atoms with van der Waals surface area (Å²) < 4.78 is 16.6. The van der Waals surface area contributed by atoms with E-state index in [1.165, 1.54) is 0 Å². The van der Waals surface area contributed by atoms with E-state index in [9.17, 15) is 4.79 Å². The summed E-state index contributed by atoms with van der Waals surface area (Å²) in [5.41, 5.74) is 2.83. The third-order valence-corrected chi connectivity index (χ3v) is 5.57. The summed E-state index contributed by atoms with van der Waals surface area (Å²) in [6, 6.07) is 13.7. The summed E-state index contributed by atoms with van der Waals surface area (Å²) in [6.07, 6.45) is 2.48. The summed E-state index contributed by atoms with van der Waals surface area (Å²) >= 11 is 0. The molecule has 1 fully saturated rings. The third-order valence-electron chi connectivity index (χ3n) is 5.57. The second-order valence-electron chi connectivity index (χ2n) is 7.45. The lowest BCUT2D eigenvalue weighted by atomic mass is 9.97. The molecule has 1 aromatic heterocycles. The molecule has 1 N–H and O–H groups in total. The van der Waals surface area contributed by atoms with E-state index in [2.05, 4.69) is 10.3 Å². The summed E-state index contributed by atoms with van der Waals surface area (Å²) in [7, 11) is 0. The maximum Gasteiger partial charge on any atom is 0.317 e. The molecule has 0 unspecified atom stereocenters. The zero-order valence-electron chi connectivity index (χ0n) is 16.1. The van der Waals surface area contributed by atoms with E-state index in [1.807, 2.05) is 47.4 Å². The summed E-state index contributed by atoms with van der Waals surface area (Å²) in [5, 5.41) is 3.02. The highest BCUT2D eigenvalue weighted by Gasteiger charge is 2.27. The molecule has 0 saturated carbocycles. The van der Waals surface area contributed by atoms with Gasteiger partial charge in [0.2, 0.25) is 6.79 Å². The van der Waals surface area contributed by atoms with Gasteiger partial charge in [-0.2, -0.15) is 0 Å². The second kappa shape index (κ2) is 7.66. The van der Waals surface area contributed by atoms with Crippen LogP contribution in [0.25, 0.3) is 11.1 Å². The number of nitrogens with one attached hydrogen (secondary N) is 1. The van der Waals surface area contributed by atoms with Crippen molar-refractivity contribution in [1.29, 1.82) is 0 Å². The summed E-state index contributed by atoms with van der Waals surface area (Å²) in [6.45, 7) is 2.27. The van der Waals surface area contributed by atoms with Crippen LogP contribution in [0.1, 0.15) is 30.2 Å². The molecule has 0 atom stereocenters. The fraction of sp³-hybridized carbons (Fsp3) is 0.364. The van der Waals surface area contributed by atoms with Crippen LogP contribution in [0.15, 0.2) is 46.9 Å². The number of urea groups is 1. The van der Waals surface area contributed by atoms with Crippen LogP contribution < -0.4 is 14.8 Å². The van der Waals surface area contributed by atoms with E-state index < -0.39 is 0 Å². The highest BCUT2D eigenvalue weighted by molar-refractivity contribution is 5.74. The number of nitrogens with zero attached hydrogens (tertiary/aromatic N) is 2. The van der Waals surface area contributed by atoms with Crippen molar-refractivity contribution in [2.75, 3.05) is 26.4 Å². The standard InChI is InChI=1S/C22H23N3O4/c26-22(23-10-7-15-5-6-19-20(13-15)28-14-27-19)25-11-8-16(9-12-25)21-24-17-3-1-2-4-18(17)29-21/h1-6,13,16H,7-12,14H2,(H,23,26). The van der Waals surface area contributed by atoms with Gasteiger partial charge < -0.3 is 24.1 Å². The number of hydrogen-bond acceptors (Lipinski definition) is 5. The number of piperidine rings is 1. The van der Waals surface area contributed by atoms with Gasteiger partial charge in [-0.05, 0) is 49.1 Å². The number of ether oxygens (including phenoxy) is 2. The smallest absolute Gasteiger partial charge is 0.317 e. The first kappa shape index (κ1) is 17.8. The lowest BCUT2D eigenvalue weighted by molar-refractivity contribution is 0.174. The molecular weight excluding hydrogens is 370 g/mol. The number of aromatic nitrogens is 1. The molecule has 7 heteroatoms. The Labute approximate surface area is 168 Å². The van der Waals surface area contributed by atoms with Gasteiger partial charge in [0.1, 0.15) is 5.52 Å². The number of carbonyl (C=O) groups excluding carboxylic acids is 1. The average Bonchev–Trinajstić information content (AvgIpc) is 3.40. The number of amides is 2. The molecule has 150 valence electrons. The molecule has 2 aliphatic rings.